The highest BCUT2D eigenvalue weighted by Gasteiger charge is 2.17. The molecule has 0 aliphatic carbocycles. The van der Waals surface area contributed by atoms with E-state index in [1.165, 1.54) is 12.1 Å². The predicted octanol–water partition coefficient (Wildman–Crippen LogP) is 1.62. The Morgan fingerprint density at radius 1 is 1.22 bits per heavy atom. The number of sulfone groups is 1. The number of rotatable bonds is 8. The Balaban J connectivity index is 2.43. The fraction of sp³-hybridized carbons (Fsp3) is 0.500. The zero-order valence-electron chi connectivity index (χ0n) is 13.7. The molecule has 0 fully saturated rings. The second-order valence-electron chi connectivity index (χ2n) is 5.42. The Kier molecular flexibility index (Phi) is 7.22. The molecule has 1 aromatic rings. The number of carbonyl (C=O) groups is 2. The van der Waals surface area contributed by atoms with E-state index in [0.29, 0.717) is 0 Å². The molecule has 0 saturated heterocycles. The van der Waals surface area contributed by atoms with Crippen molar-refractivity contribution in [3.8, 4) is 0 Å². The number of amides is 1. The predicted molar refractivity (Wildman–Crippen MR) is 86.7 cm³/mol. The molecular formula is C16H23NO5S. The van der Waals surface area contributed by atoms with Crippen molar-refractivity contribution in [3.63, 3.8) is 0 Å². The largest absolute Gasteiger partial charge is 0.456 e. The van der Waals surface area contributed by atoms with Gasteiger partial charge in [0.15, 0.2) is 16.4 Å². The van der Waals surface area contributed by atoms with Crippen LogP contribution in [0.1, 0.15) is 32.3 Å². The molecule has 1 rings (SSSR count). The number of benzene rings is 1. The van der Waals surface area contributed by atoms with Crippen molar-refractivity contribution in [2.45, 2.75) is 44.6 Å². The Bertz CT molecular complexity index is 637. The zero-order valence-corrected chi connectivity index (χ0v) is 14.5. The molecule has 0 spiro atoms. The minimum absolute atomic E-state index is 0.00289. The molecule has 1 atom stereocenters. The number of ether oxygens (including phenoxy) is 1. The van der Waals surface area contributed by atoms with Crippen molar-refractivity contribution in [2.24, 2.45) is 0 Å². The maximum Gasteiger partial charge on any atom is 0.307 e. The van der Waals surface area contributed by atoms with E-state index in [9.17, 15) is 18.0 Å². The van der Waals surface area contributed by atoms with Crippen molar-refractivity contribution < 1.29 is 22.7 Å². The van der Waals surface area contributed by atoms with Crippen LogP contribution in [0.2, 0.25) is 0 Å². The highest BCUT2D eigenvalue weighted by molar-refractivity contribution is 7.91. The van der Waals surface area contributed by atoms with Crippen LogP contribution in [0.15, 0.2) is 29.2 Å². The van der Waals surface area contributed by atoms with Crippen LogP contribution in [-0.4, -0.2) is 38.7 Å². The summed E-state index contributed by atoms with van der Waals surface area (Å²) in [6, 6.07) is 6.42. The van der Waals surface area contributed by atoms with E-state index in [2.05, 4.69) is 5.32 Å². The van der Waals surface area contributed by atoms with Gasteiger partial charge in [-0.1, -0.05) is 24.6 Å². The van der Waals surface area contributed by atoms with Gasteiger partial charge in [-0.15, -0.1) is 0 Å². The molecule has 0 aliphatic heterocycles. The lowest BCUT2D eigenvalue weighted by Gasteiger charge is -2.11. The summed E-state index contributed by atoms with van der Waals surface area (Å²) in [6.45, 7) is 5.23. The number of hydrogen-bond acceptors (Lipinski definition) is 5. The summed E-state index contributed by atoms with van der Waals surface area (Å²) >= 11 is 0. The Labute approximate surface area is 137 Å². The molecule has 0 bridgehead atoms. The average molecular weight is 341 g/mol. The molecule has 0 radical (unpaired) electrons. The smallest absolute Gasteiger partial charge is 0.307 e. The average Bonchev–Trinajstić information content (AvgIpc) is 2.51. The van der Waals surface area contributed by atoms with Gasteiger partial charge >= 0.3 is 5.97 Å². The zero-order chi connectivity index (χ0) is 17.5. The molecule has 128 valence electrons. The molecular weight excluding hydrogens is 318 g/mol. The number of aryl methyl sites for hydroxylation is 1. The van der Waals surface area contributed by atoms with E-state index < -0.39 is 28.3 Å². The number of esters is 1. The maximum absolute atomic E-state index is 12.1. The fourth-order valence-electron chi connectivity index (χ4n) is 1.72. The lowest BCUT2D eigenvalue weighted by molar-refractivity contribution is -0.148. The molecule has 0 aliphatic rings. The topological polar surface area (TPSA) is 89.5 Å². The first-order valence-corrected chi connectivity index (χ1v) is 9.14. The van der Waals surface area contributed by atoms with E-state index in [1.54, 1.807) is 12.1 Å². The van der Waals surface area contributed by atoms with E-state index >= 15 is 0 Å². The summed E-state index contributed by atoms with van der Waals surface area (Å²) in [7, 11) is -3.54. The molecule has 0 aromatic heterocycles. The van der Waals surface area contributed by atoms with E-state index in [4.69, 9.17) is 4.74 Å². The first-order chi connectivity index (χ1) is 10.7. The lowest BCUT2D eigenvalue weighted by Crippen LogP contribution is -2.35. The molecule has 0 unspecified atom stereocenters. The number of nitrogens with one attached hydrogen (secondary N) is 1. The Morgan fingerprint density at radius 3 is 2.39 bits per heavy atom. The van der Waals surface area contributed by atoms with E-state index in [0.717, 1.165) is 12.0 Å². The lowest BCUT2D eigenvalue weighted by atomic mass is 10.2. The molecule has 1 aromatic carbocycles. The molecule has 0 heterocycles. The fourth-order valence-corrected chi connectivity index (χ4v) is 2.94. The van der Waals surface area contributed by atoms with Gasteiger partial charge in [0, 0.05) is 6.04 Å². The third-order valence-corrected chi connectivity index (χ3v) is 5.07. The number of hydrogen-bond donors (Lipinski definition) is 1. The van der Waals surface area contributed by atoms with Crippen LogP contribution in [0, 0.1) is 6.92 Å². The highest BCUT2D eigenvalue weighted by Crippen LogP contribution is 2.13. The van der Waals surface area contributed by atoms with Crippen LogP contribution in [0.25, 0.3) is 0 Å². The highest BCUT2D eigenvalue weighted by atomic mass is 32.2. The van der Waals surface area contributed by atoms with Crippen LogP contribution in [0.3, 0.4) is 0 Å². The van der Waals surface area contributed by atoms with E-state index in [1.807, 2.05) is 20.8 Å². The minimum Gasteiger partial charge on any atom is -0.456 e. The Morgan fingerprint density at radius 2 is 1.83 bits per heavy atom. The summed E-state index contributed by atoms with van der Waals surface area (Å²) in [6.07, 6.45) is 0.487. The van der Waals surface area contributed by atoms with Gasteiger partial charge in [0.2, 0.25) is 0 Å². The van der Waals surface area contributed by atoms with Gasteiger partial charge in [-0.25, -0.2) is 8.42 Å². The SMILES string of the molecule is CC[C@H](C)NC(=O)COC(=O)CCS(=O)(=O)c1ccc(C)cc1. The maximum atomic E-state index is 12.1. The second-order valence-corrected chi connectivity index (χ2v) is 7.53. The van der Waals surface area contributed by atoms with Crippen molar-refractivity contribution in [3.05, 3.63) is 29.8 Å². The van der Waals surface area contributed by atoms with Gasteiger partial charge in [-0.3, -0.25) is 9.59 Å². The normalized spacial score (nSPS) is 12.5. The first kappa shape index (κ1) is 19.2. The van der Waals surface area contributed by atoms with Gasteiger partial charge in [0.05, 0.1) is 17.1 Å². The number of carbonyl (C=O) groups excluding carboxylic acids is 2. The monoisotopic (exact) mass is 341 g/mol. The van der Waals surface area contributed by atoms with Crippen LogP contribution >= 0.6 is 0 Å². The molecule has 23 heavy (non-hydrogen) atoms. The van der Waals surface area contributed by atoms with Gasteiger partial charge in [0.1, 0.15) is 0 Å². The minimum atomic E-state index is -3.54. The van der Waals surface area contributed by atoms with Gasteiger partial charge in [-0.2, -0.15) is 0 Å². The van der Waals surface area contributed by atoms with Gasteiger partial charge in [-0.05, 0) is 32.4 Å². The summed E-state index contributed by atoms with van der Waals surface area (Å²) in [5.74, 6) is -1.45. The summed E-state index contributed by atoms with van der Waals surface area (Å²) in [4.78, 5) is 23.2. The first-order valence-electron chi connectivity index (χ1n) is 7.49. The van der Waals surface area contributed by atoms with Gasteiger partial charge in [0.25, 0.3) is 5.91 Å². The van der Waals surface area contributed by atoms with Crippen LogP contribution in [0.5, 0.6) is 0 Å². The van der Waals surface area contributed by atoms with Crippen LogP contribution in [0.4, 0.5) is 0 Å². The molecule has 7 heteroatoms. The van der Waals surface area contributed by atoms with Crippen molar-refractivity contribution in [1.29, 1.82) is 0 Å². The Hall–Kier alpha value is -1.89. The van der Waals surface area contributed by atoms with Crippen LogP contribution in [-0.2, 0) is 24.2 Å². The van der Waals surface area contributed by atoms with Crippen LogP contribution < -0.4 is 5.32 Å². The third-order valence-electron chi connectivity index (χ3n) is 3.34. The quantitative estimate of drug-likeness (QED) is 0.726. The van der Waals surface area contributed by atoms with Crippen molar-refractivity contribution in [1.82, 2.24) is 5.32 Å². The summed E-state index contributed by atoms with van der Waals surface area (Å²) < 4.78 is 29.0. The summed E-state index contributed by atoms with van der Waals surface area (Å²) in [5, 5.41) is 2.65. The molecule has 6 nitrogen and oxygen atoms in total. The second kappa shape index (κ2) is 8.67. The molecule has 1 amide bonds. The molecule has 1 N–H and O–H groups in total. The van der Waals surface area contributed by atoms with Gasteiger partial charge < -0.3 is 10.1 Å². The van der Waals surface area contributed by atoms with Crippen molar-refractivity contribution in [2.75, 3.05) is 12.4 Å². The van der Waals surface area contributed by atoms with Crippen molar-refractivity contribution >= 4 is 21.7 Å². The summed E-state index contributed by atoms with van der Waals surface area (Å²) in [5.41, 5.74) is 0.954. The van der Waals surface area contributed by atoms with E-state index in [-0.39, 0.29) is 23.1 Å². The third kappa shape index (κ3) is 6.81. The molecule has 0 saturated carbocycles. The standard InChI is InChI=1S/C16H23NO5S/c1-4-13(3)17-15(18)11-22-16(19)9-10-23(20,21)14-7-5-12(2)6-8-14/h5-8,13H,4,9-11H2,1-3H3,(H,17,18)/t13-/m0/s1.